The van der Waals surface area contributed by atoms with Crippen molar-refractivity contribution in [2.45, 2.75) is 32.9 Å². The second kappa shape index (κ2) is 6.38. The second-order valence-electron chi connectivity index (χ2n) is 3.80. The Morgan fingerprint density at radius 3 is 2.56 bits per heavy atom. The van der Waals surface area contributed by atoms with Crippen LogP contribution in [0.5, 0.6) is 5.75 Å². The van der Waals surface area contributed by atoms with Gasteiger partial charge in [-0.05, 0) is 32.9 Å². The molecule has 0 bridgehead atoms. The van der Waals surface area contributed by atoms with Crippen LogP contribution < -0.4 is 10.1 Å². The first-order valence-electron chi connectivity index (χ1n) is 5.70. The Balaban J connectivity index is 2.71. The van der Waals surface area contributed by atoms with E-state index in [0.717, 1.165) is 11.4 Å². The molecular weight excluding hydrogens is 202 g/mol. The average molecular weight is 223 g/mol. The summed E-state index contributed by atoms with van der Waals surface area (Å²) in [6, 6.07) is 8.20. The maximum atomic E-state index is 5.55. The van der Waals surface area contributed by atoms with Crippen LogP contribution >= 0.6 is 0 Å². The molecule has 0 aliphatic rings. The van der Waals surface area contributed by atoms with Crippen LogP contribution in [0, 0.1) is 0 Å². The van der Waals surface area contributed by atoms with Crippen LogP contribution in [-0.4, -0.2) is 25.9 Å². The fraction of sp³-hybridized carbons (Fsp3) is 0.538. The number of benzene rings is 1. The smallest absolute Gasteiger partial charge is 0.142 e. The highest BCUT2D eigenvalue weighted by Crippen LogP contribution is 2.24. The van der Waals surface area contributed by atoms with Gasteiger partial charge in [-0.15, -0.1) is 0 Å². The van der Waals surface area contributed by atoms with E-state index < -0.39 is 0 Å². The fourth-order valence-corrected chi connectivity index (χ4v) is 1.43. The van der Waals surface area contributed by atoms with Crippen molar-refractivity contribution in [1.82, 2.24) is 0 Å². The number of hydrogen-bond acceptors (Lipinski definition) is 3. The molecule has 0 aromatic heterocycles. The molecule has 2 unspecified atom stereocenters. The Labute approximate surface area is 97.8 Å². The van der Waals surface area contributed by atoms with Crippen LogP contribution in [0.4, 0.5) is 5.69 Å². The largest absolute Gasteiger partial charge is 0.492 e. The number of rotatable bonds is 6. The summed E-state index contributed by atoms with van der Waals surface area (Å²) in [6.07, 6.45) is 0.162. The molecule has 0 aliphatic heterocycles. The van der Waals surface area contributed by atoms with Crippen molar-refractivity contribution in [2.24, 2.45) is 0 Å². The van der Waals surface area contributed by atoms with Crippen LogP contribution in [0.25, 0.3) is 0 Å². The van der Waals surface area contributed by atoms with Gasteiger partial charge in [0.15, 0.2) is 0 Å². The normalized spacial score (nSPS) is 14.2. The summed E-state index contributed by atoms with van der Waals surface area (Å²) < 4.78 is 10.8. The quantitative estimate of drug-likeness (QED) is 0.804. The van der Waals surface area contributed by atoms with Gasteiger partial charge in [-0.2, -0.15) is 0 Å². The molecule has 1 rings (SSSR count). The zero-order chi connectivity index (χ0) is 12.0. The highest BCUT2D eigenvalue weighted by atomic mass is 16.5. The molecule has 0 spiro atoms. The molecule has 3 nitrogen and oxygen atoms in total. The molecule has 1 aromatic rings. The third-order valence-electron chi connectivity index (χ3n) is 2.65. The Kier molecular flexibility index (Phi) is 5.12. The summed E-state index contributed by atoms with van der Waals surface area (Å²) in [5.74, 6) is 0.889. The fourth-order valence-electron chi connectivity index (χ4n) is 1.43. The Bertz CT molecular complexity index is 315. The summed E-state index contributed by atoms with van der Waals surface area (Å²) in [5.41, 5.74) is 1.01. The lowest BCUT2D eigenvalue weighted by Crippen LogP contribution is -2.29. The zero-order valence-electron chi connectivity index (χ0n) is 10.5. The minimum absolute atomic E-state index is 0.162. The molecule has 0 saturated heterocycles. The van der Waals surface area contributed by atoms with Crippen molar-refractivity contribution >= 4 is 5.69 Å². The van der Waals surface area contributed by atoms with Crippen LogP contribution in [0.2, 0.25) is 0 Å². The molecule has 0 heterocycles. The zero-order valence-corrected chi connectivity index (χ0v) is 10.5. The van der Waals surface area contributed by atoms with Crippen molar-refractivity contribution < 1.29 is 9.47 Å². The summed E-state index contributed by atoms with van der Waals surface area (Å²) in [6.45, 7) is 6.79. The Morgan fingerprint density at radius 2 is 1.94 bits per heavy atom. The molecule has 0 amide bonds. The molecule has 0 aliphatic carbocycles. The molecular formula is C13H21NO2. The lowest BCUT2D eigenvalue weighted by Gasteiger charge is -2.22. The lowest BCUT2D eigenvalue weighted by molar-refractivity contribution is 0.106. The Hall–Kier alpha value is -1.22. The molecule has 90 valence electrons. The Morgan fingerprint density at radius 1 is 1.25 bits per heavy atom. The van der Waals surface area contributed by atoms with Crippen LogP contribution in [0.3, 0.4) is 0 Å². The van der Waals surface area contributed by atoms with E-state index >= 15 is 0 Å². The van der Waals surface area contributed by atoms with Gasteiger partial charge in [0.25, 0.3) is 0 Å². The number of hydrogen-bond donors (Lipinski definition) is 1. The minimum Gasteiger partial charge on any atom is -0.492 e. The van der Waals surface area contributed by atoms with Gasteiger partial charge in [-0.3, -0.25) is 0 Å². The van der Waals surface area contributed by atoms with E-state index in [4.69, 9.17) is 9.47 Å². The molecule has 2 atom stereocenters. The molecule has 1 N–H and O–H groups in total. The summed E-state index contributed by atoms with van der Waals surface area (Å²) in [4.78, 5) is 0. The van der Waals surface area contributed by atoms with Crippen molar-refractivity contribution in [3.8, 4) is 5.75 Å². The van der Waals surface area contributed by atoms with E-state index in [9.17, 15) is 0 Å². The predicted octanol–water partition coefficient (Wildman–Crippen LogP) is 2.92. The minimum atomic E-state index is 0.162. The highest BCUT2D eigenvalue weighted by Gasteiger charge is 2.12. The molecule has 0 radical (unpaired) electrons. The number of ether oxygens (including phenoxy) is 2. The SMILES string of the molecule is CCOc1ccccc1NC(C)C(C)OC. The van der Waals surface area contributed by atoms with E-state index in [1.165, 1.54) is 0 Å². The van der Waals surface area contributed by atoms with Crippen LogP contribution in [0.1, 0.15) is 20.8 Å². The molecule has 1 aromatic carbocycles. The van der Waals surface area contributed by atoms with Gasteiger partial charge >= 0.3 is 0 Å². The second-order valence-corrected chi connectivity index (χ2v) is 3.80. The van der Waals surface area contributed by atoms with Gasteiger partial charge in [-0.25, -0.2) is 0 Å². The first-order valence-corrected chi connectivity index (χ1v) is 5.70. The topological polar surface area (TPSA) is 30.5 Å². The van der Waals surface area contributed by atoms with Gasteiger partial charge in [-0.1, -0.05) is 12.1 Å². The summed E-state index contributed by atoms with van der Waals surface area (Å²) in [7, 11) is 1.72. The molecule has 3 heteroatoms. The lowest BCUT2D eigenvalue weighted by atomic mass is 10.2. The van der Waals surface area contributed by atoms with Gasteiger partial charge in [0, 0.05) is 13.2 Å². The monoisotopic (exact) mass is 223 g/mol. The van der Waals surface area contributed by atoms with Gasteiger partial charge < -0.3 is 14.8 Å². The number of nitrogens with one attached hydrogen (secondary N) is 1. The van der Waals surface area contributed by atoms with E-state index in [1.807, 2.05) is 38.1 Å². The highest BCUT2D eigenvalue weighted by molar-refractivity contribution is 5.56. The average Bonchev–Trinajstić information content (AvgIpc) is 2.31. The summed E-state index contributed by atoms with van der Waals surface area (Å²) in [5, 5.41) is 3.40. The third kappa shape index (κ3) is 3.42. The van der Waals surface area contributed by atoms with Crippen molar-refractivity contribution in [2.75, 3.05) is 19.0 Å². The van der Waals surface area contributed by atoms with Crippen LogP contribution in [0.15, 0.2) is 24.3 Å². The van der Waals surface area contributed by atoms with Gasteiger partial charge in [0.05, 0.1) is 18.4 Å². The summed E-state index contributed by atoms with van der Waals surface area (Å²) >= 11 is 0. The maximum Gasteiger partial charge on any atom is 0.142 e. The number of methoxy groups -OCH3 is 1. The molecule has 0 fully saturated rings. The van der Waals surface area contributed by atoms with E-state index in [2.05, 4.69) is 12.2 Å². The van der Waals surface area contributed by atoms with Gasteiger partial charge in [0.2, 0.25) is 0 Å². The van der Waals surface area contributed by atoms with E-state index in [1.54, 1.807) is 7.11 Å². The van der Waals surface area contributed by atoms with Crippen molar-refractivity contribution in [1.29, 1.82) is 0 Å². The number of para-hydroxylation sites is 2. The van der Waals surface area contributed by atoms with Crippen LogP contribution in [-0.2, 0) is 4.74 Å². The standard InChI is InChI=1S/C13H21NO2/c1-5-16-13-9-7-6-8-12(13)14-10(2)11(3)15-4/h6-11,14H,5H2,1-4H3. The first kappa shape index (κ1) is 12.8. The van der Waals surface area contributed by atoms with E-state index in [0.29, 0.717) is 6.61 Å². The molecule has 16 heavy (non-hydrogen) atoms. The van der Waals surface area contributed by atoms with E-state index in [-0.39, 0.29) is 12.1 Å². The van der Waals surface area contributed by atoms with Crippen molar-refractivity contribution in [3.63, 3.8) is 0 Å². The number of anilines is 1. The maximum absolute atomic E-state index is 5.55. The molecule has 0 saturated carbocycles. The van der Waals surface area contributed by atoms with Crippen molar-refractivity contribution in [3.05, 3.63) is 24.3 Å². The van der Waals surface area contributed by atoms with Gasteiger partial charge in [0.1, 0.15) is 5.75 Å². The predicted molar refractivity (Wildman–Crippen MR) is 67.2 cm³/mol. The first-order chi connectivity index (χ1) is 7.69. The third-order valence-corrected chi connectivity index (χ3v) is 2.65.